The highest BCUT2D eigenvalue weighted by Crippen LogP contribution is 2.38. The quantitative estimate of drug-likeness (QED) is 0.844. The molecule has 1 aliphatic carbocycles. The van der Waals surface area contributed by atoms with Crippen molar-refractivity contribution >= 4 is 5.97 Å². The third-order valence-corrected chi connectivity index (χ3v) is 3.79. The molecule has 1 aromatic rings. The number of nitrogens with one attached hydrogen (secondary N) is 1. The van der Waals surface area contributed by atoms with Crippen LogP contribution in [0.25, 0.3) is 0 Å². The fourth-order valence-electron chi connectivity index (χ4n) is 2.92. The number of aryl methyl sites for hydroxylation is 1. The zero-order valence-electron chi connectivity index (χ0n) is 11.8. The van der Waals surface area contributed by atoms with Crippen molar-refractivity contribution in [3.8, 4) is 5.75 Å². The van der Waals surface area contributed by atoms with Crippen molar-refractivity contribution in [2.45, 2.75) is 31.7 Å². The van der Waals surface area contributed by atoms with Crippen LogP contribution in [0.2, 0.25) is 0 Å². The van der Waals surface area contributed by atoms with Crippen molar-refractivity contribution in [3.63, 3.8) is 0 Å². The van der Waals surface area contributed by atoms with Gasteiger partial charge < -0.3 is 9.47 Å². The van der Waals surface area contributed by atoms with Gasteiger partial charge in [-0.3, -0.25) is 5.32 Å². The maximum Gasteiger partial charge on any atom is 0.330 e. The molecule has 2 rings (SSSR count). The number of fused-ring (bicyclic) bond motifs is 1. The van der Waals surface area contributed by atoms with Crippen molar-refractivity contribution in [2.24, 2.45) is 0 Å². The first kappa shape index (κ1) is 13.9. The van der Waals surface area contributed by atoms with E-state index in [2.05, 4.69) is 5.32 Å². The summed E-state index contributed by atoms with van der Waals surface area (Å²) in [5, 5.41) is 3.33. The number of carbonyl (C=O) groups excluding carboxylic acids is 1. The fraction of sp³-hybridized carbons (Fsp3) is 0.533. The Morgan fingerprint density at radius 1 is 1.42 bits per heavy atom. The standard InChI is InChI=1S/C15H21NO3/c1-4-16-15(14(17)19-3)9-5-6-11-7-8-12(18-2)10-13(11)15/h7-8,10,16H,4-6,9H2,1-3H3. The van der Waals surface area contributed by atoms with Crippen LogP contribution in [-0.2, 0) is 21.5 Å². The van der Waals surface area contributed by atoms with E-state index in [1.807, 2.05) is 25.1 Å². The number of methoxy groups -OCH3 is 2. The fourth-order valence-corrected chi connectivity index (χ4v) is 2.92. The summed E-state index contributed by atoms with van der Waals surface area (Å²) < 4.78 is 10.3. The van der Waals surface area contributed by atoms with Crippen molar-refractivity contribution in [2.75, 3.05) is 20.8 Å². The Morgan fingerprint density at radius 2 is 2.21 bits per heavy atom. The minimum absolute atomic E-state index is 0.219. The monoisotopic (exact) mass is 263 g/mol. The maximum absolute atomic E-state index is 12.3. The summed E-state index contributed by atoms with van der Waals surface area (Å²) >= 11 is 0. The molecule has 1 atom stereocenters. The Labute approximate surface area is 114 Å². The van der Waals surface area contributed by atoms with Gasteiger partial charge in [0.25, 0.3) is 0 Å². The molecule has 0 aromatic heterocycles. The van der Waals surface area contributed by atoms with Crippen LogP contribution in [0.5, 0.6) is 5.75 Å². The second kappa shape index (κ2) is 5.61. The number of carbonyl (C=O) groups is 1. The molecule has 0 radical (unpaired) electrons. The molecular formula is C15H21NO3. The Morgan fingerprint density at radius 3 is 2.84 bits per heavy atom. The van der Waals surface area contributed by atoms with Crippen molar-refractivity contribution in [3.05, 3.63) is 29.3 Å². The van der Waals surface area contributed by atoms with Crippen LogP contribution < -0.4 is 10.1 Å². The number of likely N-dealkylation sites (N-methyl/N-ethyl adjacent to an activating group) is 1. The van der Waals surface area contributed by atoms with Gasteiger partial charge in [0.15, 0.2) is 0 Å². The lowest BCUT2D eigenvalue weighted by Gasteiger charge is -2.37. The van der Waals surface area contributed by atoms with E-state index < -0.39 is 5.54 Å². The molecule has 0 amide bonds. The maximum atomic E-state index is 12.3. The van der Waals surface area contributed by atoms with E-state index in [-0.39, 0.29) is 5.97 Å². The number of benzene rings is 1. The highest BCUT2D eigenvalue weighted by Gasteiger charge is 2.44. The highest BCUT2D eigenvalue weighted by molar-refractivity contribution is 5.83. The predicted molar refractivity (Wildman–Crippen MR) is 73.3 cm³/mol. The second-order valence-corrected chi connectivity index (χ2v) is 4.80. The van der Waals surface area contributed by atoms with Crippen LogP contribution in [0.4, 0.5) is 0 Å². The largest absolute Gasteiger partial charge is 0.497 e. The average molecular weight is 263 g/mol. The van der Waals surface area contributed by atoms with Gasteiger partial charge in [0.2, 0.25) is 0 Å². The van der Waals surface area contributed by atoms with E-state index >= 15 is 0 Å². The van der Waals surface area contributed by atoms with E-state index in [9.17, 15) is 4.79 Å². The summed E-state index contributed by atoms with van der Waals surface area (Å²) in [6.07, 6.45) is 2.72. The zero-order valence-corrected chi connectivity index (χ0v) is 11.8. The highest BCUT2D eigenvalue weighted by atomic mass is 16.5. The first-order valence-electron chi connectivity index (χ1n) is 6.68. The second-order valence-electron chi connectivity index (χ2n) is 4.80. The molecule has 0 saturated carbocycles. The molecule has 0 spiro atoms. The Kier molecular flexibility index (Phi) is 4.10. The van der Waals surface area contributed by atoms with Crippen LogP contribution in [0.15, 0.2) is 18.2 Å². The summed E-state index contributed by atoms with van der Waals surface area (Å²) in [4.78, 5) is 12.3. The SMILES string of the molecule is CCNC1(C(=O)OC)CCCc2ccc(OC)cc21. The normalized spacial score (nSPS) is 21.6. The van der Waals surface area contributed by atoms with E-state index in [0.29, 0.717) is 6.54 Å². The lowest BCUT2D eigenvalue weighted by atomic mass is 9.76. The molecule has 1 unspecified atom stereocenters. The van der Waals surface area contributed by atoms with Crippen molar-refractivity contribution in [1.29, 1.82) is 0 Å². The Hall–Kier alpha value is -1.55. The third kappa shape index (κ3) is 2.32. The van der Waals surface area contributed by atoms with Gasteiger partial charge in [-0.15, -0.1) is 0 Å². The Balaban J connectivity index is 2.55. The van der Waals surface area contributed by atoms with Gasteiger partial charge in [0, 0.05) is 0 Å². The minimum Gasteiger partial charge on any atom is -0.497 e. The summed E-state index contributed by atoms with van der Waals surface area (Å²) in [6.45, 7) is 2.71. The summed E-state index contributed by atoms with van der Waals surface area (Å²) in [5.74, 6) is 0.551. The number of ether oxygens (including phenoxy) is 2. The Bertz CT molecular complexity index is 472. The van der Waals surface area contributed by atoms with E-state index in [0.717, 1.165) is 30.6 Å². The molecule has 4 nitrogen and oxygen atoms in total. The number of hydrogen-bond donors (Lipinski definition) is 1. The molecule has 104 valence electrons. The van der Waals surface area contributed by atoms with Crippen LogP contribution >= 0.6 is 0 Å². The summed E-state index contributed by atoms with van der Waals surface area (Å²) in [7, 11) is 3.08. The third-order valence-electron chi connectivity index (χ3n) is 3.79. The number of esters is 1. The van der Waals surface area contributed by atoms with Crippen LogP contribution in [0.3, 0.4) is 0 Å². The smallest absolute Gasteiger partial charge is 0.330 e. The van der Waals surface area contributed by atoms with E-state index in [1.54, 1.807) is 7.11 Å². The molecule has 1 N–H and O–H groups in total. The predicted octanol–water partition coefficient (Wildman–Crippen LogP) is 2.01. The summed E-state index contributed by atoms with van der Waals surface area (Å²) in [5.41, 5.74) is 1.45. The van der Waals surface area contributed by atoms with Crippen molar-refractivity contribution in [1.82, 2.24) is 5.32 Å². The van der Waals surface area contributed by atoms with Gasteiger partial charge >= 0.3 is 5.97 Å². The zero-order chi connectivity index (χ0) is 13.9. The topological polar surface area (TPSA) is 47.6 Å². The molecule has 0 aliphatic heterocycles. The van der Waals surface area contributed by atoms with Gasteiger partial charge in [0.1, 0.15) is 11.3 Å². The summed E-state index contributed by atoms with van der Waals surface area (Å²) in [6, 6.07) is 5.94. The molecule has 1 aliphatic rings. The van der Waals surface area contributed by atoms with Gasteiger partial charge in [0.05, 0.1) is 14.2 Å². The van der Waals surface area contributed by atoms with Crippen molar-refractivity contribution < 1.29 is 14.3 Å². The lowest BCUT2D eigenvalue weighted by Crippen LogP contribution is -2.51. The van der Waals surface area contributed by atoms with Crippen LogP contribution in [0.1, 0.15) is 30.9 Å². The van der Waals surface area contributed by atoms with Gasteiger partial charge in [-0.1, -0.05) is 13.0 Å². The molecular weight excluding hydrogens is 242 g/mol. The molecule has 4 heteroatoms. The van der Waals surface area contributed by atoms with Gasteiger partial charge in [-0.25, -0.2) is 4.79 Å². The van der Waals surface area contributed by atoms with E-state index in [1.165, 1.54) is 12.7 Å². The average Bonchev–Trinajstić information content (AvgIpc) is 2.46. The minimum atomic E-state index is -0.731. The number of hydrogen-bond acceptors (Lipinski definition) is 4. The molecule has 0 bridgehead atoms. The molecule has 0 saturated heterocycles. The number of rotatable bonds is 4. The van der Waals surface area contributed by atoms with Crippen LogP contribution in [0, 0.1) is 0 Å². The van der Waals surface area contributed by atoms with Gasteiger partial charge in [-0.05, 0) is 49.1 Å². The van der Waals surface area contributed by atoms with Gasteiger partial charge in [-0.2, -0.15) is 0 Å². The van der Waals surface area contributed by atoms with E-state index in [4.69, 9.17) is 9.47 Å². The first-order chi connectivity index (χ1) is 9.17. The lowest BCUT2D eigenvalue weighted by molar-refractivity contribution is -0.150. The first-order valence-corrected chi connectivity index (χ1v) is 6.68. The molecule has 1 aromatic carbocycles. The molecule has 0 fully saturated rings. The molecule has 0 heterocycles. The van der Waals surface area contributed by atoms with Crippen LogP contribution in [-0.4, -0.2) is 26.7 Å². The molecule has 19 heavy (non-hydrogen) atoms.